The van der Waals surface area contributed by atoms with Crippen LogP contribution in [0.15, 0.2) is 46.5 Å². The van der Waals surface area contributed by atoms with Crippen molar-refractivity contribution in [2.45, 2.75) is 20.4 Å². The second-order valence-electron chi connectivity index (χ2n) is 6.45. The van der Waals surface area contributed by atoms with Gasteiger partial charge in [0, 0.05) is 30.0 Å². The summed E-state index contributed by atoms with van der Waals surface area (Å²) in [6, 6.07) is 7.42. The monoisotopic (exact) mass is 383 g/mol. The summed E-state index contributed by atoms with van der Waals surface area (Å²) in [5.74, 6) is 0.561. The van der Waals surface area contributed by atoms with Crippen LogP contribution in [0, 0.1) is 13.8 Å². The van der Waals surface area contributed by atoms with Crippen molar-refractivity contribution in [1.29, 1.82) is 0 Å². The summed E-state index contributed by atoms with van der Waals surface area (Å²) < 4.78 is 6.29. The fourth-order valence-corrected chi connectivity index (χ4v) is 3.65. The Morgan fingerprint density at radius 1 is 1.22 bits per heavy atom. The van der Waals surface area contributed by atoms with Crippen LogP contribution in [0.25, 0.3) is 22.6 Å². The summed E-state index contributed by atoms with van der Waals surface area (Å²) in [5.41, 5.74) is 2.56. The van der Waals surface area contributed by atoms with E-state index in [1.807, 2.05) is 36.6 Å². The molecule has 3 heterocycles. The second-order valence-corrected chi connectivity index (χ2v) is 6.89. The molecule has 3 aromatic heterocycles. The van der Waals surface area contributed by atoms with Crippen molar-refractivity contribution < 1.29 is 0 Å². The zero-order chi connectivity index (χ0) is 19.5. The van der Waals surface area contributed by atoms with Crippen LogP contribution in [0.1, 0.15) is 11.4 Å². The molecule has 0 aliphatic carbocycles. The van der Waals surface area contributed by atoms with E-state index < -0.39 is 5.69 Å². The van der Waals surface area contributed by atoms with Crippen LogP contribution >= 0.6 is 11.6 Å². The van der Waals surface area contributed by atoms with Crippen molar-refractivity contribution in [1.82, 2.24) is 23.1 Å². The van der Waals surface area contributed by atoms with Gasteiger partial charge < -0.3 is 0 Å². The molecular formula is C19H18ClN5O2. The number of fused-ring (bicyclic) bond motifs is 3. The molecule has 0 spiro atoms. The Bertz CT molecular complexity index is 1350. The van der Waals surface area contributed by atoms with Gasteiger partial charge in [0.2, 0.25) is 5.78 Å². The molecular weight excluding hydrogens is 366 g/mol. The first kappa shape index (κ1) is 17.4. The molecule has 0 bridgehead atoms. The van der Waals surface area contributed by atoms with E-state index in [2.05, 4.69) is 11.6 Å². The summed E-state index contributed by atoms with van der Waals surface area (Å²) >= 11 is 6.16. The topological polar surface area (TPSA) is 66.2 Å². The highest BCUT2D eigenvalue weighted by Gasteiger charge is 2.22. The minimum atomic E-state index is -0.420. The summed E-state index contributed by atoms with van der Waals surface area (Å²) in [5, 5.41) is 0.605. The Morgan fingerprint density at radius 3 is 2.63 bits per heavy atom. The van der Waals surface area contributed by atoms with E-state index in [0.29, 0.717) is 22.0 Å². The number of aryl methyl sites for hydroxylation is 2. The maximum atomic E-state index is 13.0. The van der Waals surface area contributed by atoms with Gasteiger partial charge >= 0.3 is 5.69 Å². The predicted octanol–water partition coefficient (Wildman–Crippen LogP) is 2.59. The molecule has 0 atom stereocenters. The van der Waals surface area contributed by atoms with Crippen molar-refractivity contribution in [3.63, 3.8) is 0 Å². The lowest BCUT2D eigenvalue weighted by Crippen LogP contribution is -2.39. The first-order valence-corrected chi connectivity index (χ1v) is 8.81. The number of allylic oxidation sites excluding steroid dienone is 1. The van der Waals surface area contributed by atoms with Gasteiger partial charge in [-0.1, -0.05) is 23.7 Å². The Hall–Kier alpha value is -3.06. The van der Waals surface area contributed by atoms with Crippen molar-refractivity contribution in [2.24, 2.45) is 7.05 Å². The maximum Gasteiger partial charge on any atom is 0.332 e. The zero-order valence-corrected chi connectivity index (χ0v) is 16.0. The summed E-state index contributed by atoms with van der Waals surface area (Å²) in [4.78, 5) is 30.2. The van der Waals surface area contributed by atoms with Gasteiger partial charge in [-0.05, 0) is 32.0 Å². The molecule has 138 valence electrons. The van der Waals surface area contributed by atoms with Gasteiger partial charge in [-0.25, -0.2) is 4.79 Å². The van der Waals surface area contributed by atoms with Crippen LogP contribution in [-0.4, -0.2) is 23.1 Å². The number of hydrogen-bond acceptors (Lipinski definition) is 3. The zero-order valence-electron chi connectivity index (χ0n) is 15.2. The van der Waals surface area contributed by atoms with E-state index >= 15 is 0 Å². The predicted molar refractivity (Wildman–Crippen MR) is 106 cm³/mol. The van der Waals surface area contributed by atoms with E-state index in [4.69, 9.17) is 11.6 Å². The average Bonchev–Trinajstić information content (AvgIpc) is 3.13. The molecule has 4 aromatic rings. The smallest absolute Gasteiger partial charge is 0.283 e. The molecule has 0 amide bonds. The van der Waals surface area contributed by atoms with Crippen molar-refractivity contribution >= 4 is 28.5 Å². The Morgan fingerprint density at radius 2 is 1.96 bits per heavy atom. The third-order valence-electron chi connectivity index (χ3n) is 4.90. The van der Waals surface area contributed by atoms with Crippen LogP contribution in [-0.2, 0) is 13.6 Å². The number of nitrogens with zero attached hydrogens (tertiary/aromatic N) is 5. The van der Waals surface area contributed by atoms with Crippen molar-refractivity contribution in [3.05, 3.63) is 74.2 Å². The van der Waals surface area contributed by atoms with Gasteiger partial charge in [-0.3, -0.25) is 22.9 Å². The van der Waals surface area contributed by atoms with Gasteiger partial charge in [-0.2, -0.15) is 4.98 Å². The maximum absolute atomic E-state index is 13.0. The number of benzene rings is 1. The molecule has 0 aliphatic heterocycles. The quantitative estimate of drug-likeness (QED) is 0.511. The highest BCUT2D eigenvalue weighted by atomic mass is 35.5. The SMILES string of the molecule is C=CCn1c(=O)c2c(nc3n(-c4cccc(Cl)c4)c(C)c(C)n23)n(C)c1=O. The lowest BCUT2D eigenvalue weighted by molar-refractivity contribution is 0.667. The van der Waals surface area contributed by atoms with Crippen LogP contribution in [0.5, 0.6) is 0 Å². The van der Waals surface area contributed by atoms with Gasteiger partial charge in [0.15, 0.2) is 11.2 Å². The van der Waals surface area contributed by atoms with Gasteiger partial charge in [0.1, 0.15) is 0 Å². The Kier molecular flexibility index (Phi) is 3.85. The third kappa shape index (κ3) is 2.31. The van der Waals surface area contributed by atoms with E-state index in [1.165, 1.54) is 10.6 Å². The van der Waals surface area contributed by atoms with Crippen molar-refractivity contribution in [3.8, 4) is 5.69 Å². The standard InChI is InChI=1S/C19H18ClN5O2/c1-5-9-23-17(26)15-16(22(4)19(23)27)21-18-24(11(2)12(3)25(15)18)14-8-6-7-13(20)10-14/h5-8,10H,1,9H2,2-4H3. The van der Waals surface area contributed by atoms with Crippen molar-refractivity contribution in [2.75, 3.05) is 0 Å². The average molecular weight is 384 g/mol. The minimum absolute atomic E-state index is 0.141. The largest absolute Gasteiger partial charge is 0.332 e. The summed E-state index contributed by atoms with van der Waals surface area (Å²) in [7, 11) is 1.61. The Balaban J connectivity index is 2.23. The fraction of sp³-hybridized carbons (Fsp3) is 0.211. The molecule has 0 N–H and O–H groups in total. The molecule has 0 fully saturated rings. The lowest BCUT2D eigenvalue weighted by Gasteiger charge is -2.07. The minimum Gasteiger partial charge on any atom is -0.283 e. The first-order valence-electron chi connectivity index (χ1n) is 8.43. The molecule has 4 rings (SSSR count). The van der Waals surface area contributed by atoms with Crippen LogP contribution < -0.4 is 11.2 Å². The van der Waals surface area contributed by atoms with Gasteiger partial charge in [-0.15, -0.1) is 6.58 Å². The molecule has 27 heavy (non-hydrogen) atoms. The van der Waals surface area contributed by atoms with Crippen LogP contribution in [0.3, 0.4) is 0 Å². The van der Waals surface area contributed by atoms with E-state index in [-0.39, 0.29) is 12.1 Å². The number of halogens is 1. The fourth-order valence-electron chi connectivity index (χ4n) is 3.46. The lowest BCUT2D eigenvalue weighted by atomic mass is 10.3. The summed E-state index contributed by atoms with van der Waals surface area (Å²) in [6.07, 6.45) is 1.53. The van der Waals surface area contributed by atoms with Gasteiger partial charge in [0.25, 0.3) is 5.56 Å². The van der Waals surface area contributed by atoms with E-state index in [1.54, 1.807) is 17.5 Å². The number of aromatic nitrogens is 5. The Labute approximate surface area is 159 Å². The van der Waals surface area contributed by atoms with E-state index in [0.717, 1.165) is 21.6 Å². The molecule has 7 nitrogen and oxygen atoms in total. The third-order valence-corrected chi connectivity index (χ3v) is 5.13. The molecule has 1 aromatic carbocycles. The number of hydrogen-bond donors (Lipinski definition) is 0. The van der Waals surface area contributed by atoms with Gasteiger partial charge in [0.05, 0.1) is 5.69 Å². The summed E-state index contributed by atoms with van der Waals surface area (Å²) in [6.45, 7) is 7.66. The van der Waals surface area contributed by atoms with Crippen LogP contribution in [0.2, 0.25) is 5.02 Å². The molecule has 8 heteroatoms. The molecule has 0 unspecified atom stereocenters. The highest BCUT2D eigenvalue weighted by Crippen LogP contribution is 2.25. The number of rotatable bonds is 3. The molecule has 0 saturated carbocycles. The molecule has 0 aliphatic rings. The second kappa shape index (κ2) is 5.99. The molecule has 0 saturated heterocycles. The number of imidazole rings is 2. The normalized spacial score (nSPS) is 11.6. The highest BCUT2D eigenvalue weighted by molar-refractivity contribution is 6.30. The van der Waals surface area contributed by atoms with Crippen LogP contribution in [0.4, 0.5) is 0 Å². The molecule has 0 radical (unpaired) electrons. The van der Waals surface area contributed by atoms with E-state index in [9.17, 15) is 9.59 Å². The first-order chi connectivity index (χ1) is 12.9.